The molecule has 1 fully saturated rings. The van der Waals surface area contributed by atoms with Gasteiger partial charge in [0, 0.05) is 23.1 Å². The number of hydrogen-bond acceptors (Lipinski definition) is 1. The Morgan fingerprint density at radius 3 is 2.59 bits per heavy atom. The molecule has 0 spiro atoms. The molecule has 3 rings (SSSR count). The van der Waals surface area contributed by atoms with E-state index in [1.54, 1.807) is 6.07 Å². The van der Waals surface area contributed by atoms with E-state index in [9.17, 15) is 8.78 Å². The molecule has 1 aliphatic carbocycles. The summed E-state index contributed by atoms with van der Waals surface area (Å²) in [5.41, 5.74) is 0.924. The predicted molar refractivity (Wildman–Crippen MR) is 66.3 cm³/mol. The summed E-state index contributed by atoms with van der Waals surface area (Å²) in [6, 6.07) is 2.53. The van der Waals surface area contributed by atoms with Crippen molar-refractivity contribution >= 4 is 38.4 Å². The van der Waals surface area contributed by atoms with E-state index in [-0.39, 0.29) is 9.99 Å². The van der Waals surface area contributed by atoms with Gasteiger partial charge in [0.25, 0.3) is 0 Å². The number of fused-ring (bicyclic) bond motifs is 1. The van der Waals surface area contributed by atoms with Crippen LogP contribution < -0.4 is 0 Å². The summed E-state index contributed by atoms with van der Waals surface area (Å²) in [6.07, 6.45) is 2.11. The van der Waals surface area contributed by atoms with E-state index in [0.29, 0.717) is 16.3 Å². The van der Waals surface area contributed by atoms with Gasteiger partial charge in [-0.05, 0) is 34.8 Å². The van der Waals surface area contributed by atoms with Crippen LogP contribution in [0.2, 0.25) is 5.02 Å². The van der Waals surface area contributed by atoms with Crippen LogP contribution in [0, 0.1) is 11.6 Å². The summed E-state index contributed by atoms with van der Waals surface area (Å²) in [6.45, 7) is 0. The first kappa shape index (κ1) is 11.4. The van der Waals surface area contributed by atoms with Gasteiger partial charge < -0.3 is 0 Å². The van der Waals surface area contributed by atoms with Crippen LogP contribution in [0.3, 0.4) is 0 Å². The smallest absolute Gasteiger partial charge is 0.152 e. The summed E-state index contributed by atoms with van der Waals surface area (Å²) >= 11 is 9.16. The van der Waals surface area contributed by atoms with Crippen molar-refractivity contribution in [1.82, 2.24) is 4.98 Å². The van der Waals surface area contributed by atoms with Gasteiger partial charge in [-0.25, -0.2) is 13.8 Å². The number of aromatic nitrogens is 1. The Labute approximate surface area is 110 Å². The highest BCUT2D eigenvalue weighted by Gasteiger charge is 2.27. The molecule has 1 aromatic heterocycles. The maximum Gasteiger partial charge on any atom is 0.152 e. The Balaban J connectivity index is 2.38. The second kappa shape index (κ2) is 3.89. The molecular weight excluding hydrogens is 311 g/mol. The zero-order chi connectivity index (χ0) is 12.2. The van der Waals surface area contributed by atoms with Crippen molar-refractivity contribution in [3.63, 3.8) is 0 Å². The molecule has 88 valence electrons. The van der Waals surface area contributed by atoms with Crippen LogP contribution in [0.25, 0.3) is 10.9 Å². The number of halogens is 4. The van der Waals surface area contributed by atoms with Crippen LogP contribution in [0.4, 0.5) is 8.78 Å². The molecule has 0 unspecified atom stereocenters. The van der Waals surface area contributed by atoms with Crippen molar-refractivity contribution in [2.45, 2.75) is 18.8 Å². The van der Waals surface area contributed by atoms with E-state index in [4.69, 9.17) is 11.6 Å². The number of hydrogen-bond donors (Lipinski definition) is 0. The Morgan fingerprint density at radius 2 is 1.94 bits per heavy atom. The van der Waals surface area contributed by atoms with E-state index in [0.717, 1.165) is 24.6 Å². The SMILES string of the molecule is Fc1cc(F)c2nc(C3CC3)cc(Cl)c2c1Br. The van der Waals surface area contributed by atoms with Gasteiger partial charge in [-0.3, -0.25) is 0 Å². The van der Waals surface area contributed by atoms with Gasteiger partial charge >= 0.3 is 0 Å². The zero-order valence-electron chi connectivity index (χ0n) is 8.61. The first-order valence-corrected chi connectivity index (χ1v) is 6.38. The Hall–Kier alpha value is -0.740. The number of pyridine rings is 1. The zero-order valence-corrected chi connectivity index (χ0v) is 10.9. The van der Waals surface area contributed by atoms with Crippen LogP contribution in [-0.2, 0) is 0 Å². The largest absolute Gasteiger partial charge is 0.249 e. The summed E-state index contributed by atoms with van der Waals surface area (Å²) < 4.78 is 27.2. The van der Waals surface area contributed by atoms with Crippen LogP contribution in [0.5, 0.6) is 0 Å². The lowest BCUT2D eigenvalue weighted by Crippen LogP contribution is -1.94. The molecule has 1 heterocycles. The summed E-state index contributed by atoms with van der Waals surface area (Å²) in [5.74, 6) is -0.969. The second-order valence-electron chi connectivity index (χ2n) is 4.18. The lowest BCUT2D eigenvalue weighted by Gasteiger charge is -2.07. The Bertz CT molecular complexity index is 626. The van der Waals surface area contributed by atoms with E-state index < -0.39 is 11.6 Å². The molecule has 0 N–H and O–H groups in total. The molecular formula is C12H7BrClF2N. The maximum absolute atomic E-state index is 13.7. The molecule has 1 aromatic carbocycles. The van der Waals surface area contributed by atoms with E-state index in [1.165, 1.54) is 0 Å². The topological polar surface area (TPSA) is 12.9 Å². The minimum Gasteiger partial charge on any atom is -0.249 e. The summed E-state index contributed by atoms with van der Waals surface area (Å²) in [5, 5.41) is 0.635. The maximum atomic E-state index is 13.7. The van der Waals surface area contributed by atoms with Gasteiger partial charge in [-0.15, -0.1) is 0 Å². The lowest BCUT2D eigenvalue weighted by molar-refractivity contribution is 0.586. The fourth-order valence-corrected chi connectivity index (χ4v) is 2.79. The molecule has 1 nitrogen and oxygen atoms in total. The highest BCUT2D eigenvalue weighted by Crippen LogP contribution is 2.42. The van der Waals surface area contributed by atoms with Crippen molar-refractivity contribution in [3.8, 4) is 0 Å². The van der Waals surface area contributed by atoms with E-state index >= 15 is 0 Å². The van der Waals surface area contributed by atoms with E-state index in [1.807, 2.05) is 0 Å². The first-order chi connectivity index (χ1) is 8.08. The van der Waals surface area contributed by atoms with Crippen molar-refractivity contribution in [3.05, 3.63) is 39.0 Å². The van der Waals surface area contributed by atoms with Gasteiger partial charge in [0.1, 0.15) is 11.3 Å². The molecule has 0 aliphatic heterocycles. The predicted octanol–water partition coefficient (Wildman–Crippen LogP) is 4.81. The molecule has 0 bridgehead atoms. The molecule has 0 atom stereocenters. The summed E-state index contributed by atoms with van der Waals surface area (Å²) in [4.78, 5) is 4.24. The van der Waals surface area contributed by atoms with Crippen LogP contribution in [0.15, 0.2) is 16.6 Å². The molecule has 0 amide bonds. The number of rotatable bonds is 1. The number of benzene rings is 1. The van der Waals surface area contributed by atoms with Crippen LogP contribution in [-0.4, -0.2) is 4.98 Å². The van der Waals surface area contributed by atoms with Gasteiger partial charge in [-0.2, -0.15) is 0 Å². The van der Waals surface area contributed by atoms with Crippen LogP contribution in [0.1, 0.15) is 24.5 Å². The molecule has 2 aromatic rings. The summed E-state index contributed by atoms with van der Waals surface area (Å²) in [7, 11) is 0. The lowest BCUT2D eigenvalue weighted by atomic mass is 10.1. The molecule has 17 heavy (non-hydrogen) atoms. The van der Waals surface area contributed by atoms with Crippen molar-refractivity contribution < 1.29 is 8.78 Å². The van der Waals surface area contributed by atoms with Crippen molar-refractivity contribution in [1.29, 1.82) is 0 Å². The highest BCUT2D eigenvalue weighted by atomic mass is 79.9. The van der Waals surface area contributed by atoms with Gasteiger partial charge in [-0.1, -0.05) is 11.6 Å². The molecule has 0 saturated heterocycles. The third kappa shape index (κ3) is 1.83. The minimum atomic E-state index is -0.676. The normalized spacial score (nSPS) is 15.5. The minimum absolute atomic E-state index is 0.132. The average Bonchev–Trinajstić information content (AvgIpc) is 3.09. The number of nitrogens with zero attached hydrogens (tertiary/aromatic N) is 1. The van der Waals surface area contributed by atoms with Gasteiger partial charge in [0.05, 0.1) is 9.50 Å². The standard InChI is InChI=1S/C12H7BrClF2N/c13-11-7(15)4-8(16)12-10(11)6(14)3-9(17-12)5-1-2-5/h3-5H,1-2H2. The Kier molecular flexibility index (Phi) is 2.60. The second-order valence-corrected chi connectivity index (χ2v) is 5.38. The molecule has 0 radical (unpaired) electrons. The van der Waals surface area contributed by atoms with Crippen molar-refractivity contribution in [2.75, 3.05) is 0 Å². The van der Waals surface area contributed by atoms with Gasteiger partial charge in [0.2, 0.25) is 0 Å². The fraction of sp³-hybridized carbons (Fsp3) is 0.250. The molecule has 1 saturated carbocycles. The Morgan fingerprint density at radius 1 is 1.24 bits per heavy atom. The van der Waals surface area contributed by atoms with Crippen LogP contribution >= 0.6 is 27.5 Å². The molecule has 1 aliphatic rings. The highest BCUT2D eigenvalue weighted by molar-refractivity contribution is 9.10. The molecule has 5 heteroatoms. The quantitative estimate of drug-likeness (QED) is 0.688. The van der Waals surface area contributed by atoms with Crippen molar-refractivity contribution in [2.24, 2.45) is 0 Å². The average molecular weight is 319 g/mol. The first-order valence-electron chi connectivity index (χ1n) is 5.21. The third-order valence-corrected chi connectivity index (χ3v) is 3.97. The van der Waals surface area contributed by atoms with E-state index in [2.05, 4.69) is 20.9 Å². The monoisotopic (exact) mass is 317 g/mol. The third-order valence-electron chi connectivity index (χ3n) is 2.90. The fourth-order valence-electron chi connectivity index (χ4n) is 1.86. The van der Waals surface area contributed by atoms with Gasteiger partial charge in [0.15, 0.2) is 5.82 Å².